The van der Waals surface area contributed by atoms with Crippen LogP contribution < -0.4 is 10.6 Å². The van der Waals surface area contributed by atoms with Crippen LogP contribution in [0.25, 0.3) is 10.9 Å². The highest BCUT2D eigenvalue weighted by Crippen LogP contribution is 2.33. The highest BCUT2D eigenvalue weighted by molar-refractivity contribution is 5.97. The summed E-state index contributed by atoms with van der Waals surface area (Å²) in [6.45, 7) is 8.13. The maximum atomic E-state index is 5.81. The maximum absolute atomic E-state index is 5.81. The summed E-state index contributed by atoms with van der Waals surface area (Å²) in [4.78, 5) is 8.57. The van der Waals surface area contributed by atoms with Gasteiger partial charge in [0.1, 0.15) is 0 Å². The molecule has 6 nitrogen and oxygen atoms in total. The van der Waals surface area contributed by atoms with Gasteiger partial charge in [-0.25, -0.2) is 0 Å². The first kappa shape index (κ1) is 16.0. The molecule has 2 aromatic rings. The fourth-order valence-electron chi connectivity index (χ4n) is 2.61. The standard InChI is InChI=1S/C17H24N4O2/c1-16(2)22-10-17(3,11-23-16)9-21-15-12-5-6-19-7-13(12)20-8-14(15)18-4/h5-8,18H,9-11H2,1-4H3,(H,20,21). The van der Waals surface area contributed by atoms with E-state index in [4.69, 9.17) is 9.47 Å². The van der Waals surface area contributed by atoms with E-state index in [1.807, 2.05) is 33.2 Å². The molecule has 3 rings (SSSR count). The molecule has 0 amide bonds. The average Bonchev–Trinajstić information content (AvgIpc) is 2.56. The molecule has 0 radical (unpaired) electrons. The molecule has 0 atom stereocenters. The molecule has 1 aliphatic heterocycles. The van der Waals surface area contributed by atoms with Crippen LogP contribution in [0, 0.1) is 5.41 Å². The summed E-state index contributed by atoms with van der Waals surface area (Å²) in [5.74, 6) is -0.495. The van der Waals surface area contributed by atoms with Gasteiger partial charge >= 0.3 is 0 Å². The van der Waals surface area contributed by atoms with E-state index in [1.165, 1.54) is 0 Å². The quantitative estimate of drug-likeness (QED) is 0.904. The summed E-state index contributed by atoms with van der Waals surface area (Å²) in [6, 6.07) is 1.98. The van der Waals surface area contributed by atoms with E-state index in [0.717, 1.165) is 28.8 Å². The van der Waals surface area contributed by atoms with Crippen molar-refractivity contribution in [2.75, 3.05) is 37.4 Å². The lowest BCUT2D eigenvalue weighted by Gasteiger charge is -2.41. The van der Waals surface area contributed by atoms with E-state index in [9.17, 15) is 0 Å². The predicted octanol–water partition coefficient (Wildman–Crippen LogP) is 2.87. The summed E-state index contributed by atoms with van der Waals surface area (Å²) < 4.78 is 11.6. The highest BCUT2D eigenvalue weighted by Gasteiger charge is 2.36. The second kappa shape index (κ2) is 5.94. The van der Waals surface area contributed by atoms with Crippen LogP contribution in [-0.4, -0.2) is 42.6 Å². The molecule has 23 heavy (non-hydrogen) atoms. The Kier molecular flexibility index (Phi) is 4.12. The molecular weight excluding hydrogens is 292 g/mol. The lowest BCUT2D eigenvalue weighted by Crippen LogP contribution is -2.48. The van der Waals surface area contributed by atoms with Crippen LogP contribution in [-0.2, 0) is 9.47 Å². The topological polar surface area (TPSA) is 68.3 Å². The molecule has 1 fully saturated rings. The lowest BCUT2D eigenvalue weighted by atomic mass is 9.91. The Morgan fingerprint density at radius 2 is 1.91 bits per heavy atom. The van der Waals surface area contributed by atoms with Gasteiger partial charge in [0.05, 0.1) is 42.5 Å². The van der Waals surface area contributed by atoms with Crippen molar-refractivity contribution < 1.29 is 9.47 Å². The van der Waals surface area contributed by atoms with Crippen molar-refractivity contribution in [3.8, 4) is 0 Å². The number of hydrogen-bond donors (Lipinski definition) is 2. The van der Waals surface area contributed by atoms with Gasteiger partial charge in [-0.15, -0.1) is 0 Å². The summed E-state index contributed by atoms with van der Waals surface area (Å²) in [5, 5.41) is 7.80. The molecule has 0 bridgehead atoms. The average molecular weight is 316 g/mol. The molecule has 124 valence electrons. The van der Waals surface area contributed by atoms with Gasteiger partial charge in [-0.2, -0.15) is 0 Å². The number of rotatable bonds is 4. The number of nitrogens with zero attached hydrogens (tertiary/aromatic N) is 2. The molecule has 6 heteroatoms. The first-order valence-electron chi connectivity index (χ1n) is 7.85. The van der Waals surface area contributed by atoms with Gasteiger partial charge < -0.3 is 20.1 Å². The number of nitrogens with one attached hydrogen (secondary N) is 2. The summed E-state index contributed by atoms with van der Waals surface area (Å²) >= 11 is 0. The monoisotopic (exact) mass is 316 g/mol. The van der Waals surface area contributed by atoms with E-state index in [1.54, 1.807) is 12.4 Å². The minimum atomic E-state index is -0.495. The molecule has 0 saturated carbocycles. The van der Waals surface area contributed by atoms with E-state index in [2.05, 4.69) is 27.5 Å². The molecule has 2 aromatic heterocycles. The molecule has 1 aliphatic rings. The van der Waals surface area contributed by atoms with Crippen LogP contribution in [0.5, 0.6) is 0 Å². The van der Waals surface area contributed by atoms with E-state index in [-0.39, 0.29) is 5.41 Å². The predicted molar refractivity (Wildman–Crippen MR) is 91.7 cm³/mol. The first-order valence-corrected chi connectivity index (χ1v) is 7.85. The Morgan fingerprint density at radius 3 is 2.61 bits per heavy atom. The number of anilines is 2. The molecule has 1 saturated heterocycles. The van der Waals surface area contributed by atoms with E-state index < -0.39 is 5.79 Å². The molecule has 0 unspecified atom stereocenters. The van der Waals surface area contributed by atoms with Gasteiger partial charge in [-0.05, 0) is 19.9 Å². The summed E-state index contributed by atoms with van der Waals surface area (Å²) in [6.07, 6.45) is 5.38. The Morgan fingerprint density at radius 1 is 1.17 bits per heavy atom. The number of fused-ring (bicyclic) bond motifs is 1. The third-order valence-electron chi connectivity index (χ3n) is 4.17. The van der Waals surface area contributed by atoms with Gasteiger partial charge in [0.15, 0.2) is 5.79 Å². The van der Waals surface area contributed by atoms with Gasteiger partial charge in [-0.3, -0.25) is 9.97 Å². The Balaban J connectivity index is 1.81. The second-order valence-electron chi connectivity index (χ2n) is 6.83. The minimum Gasteiger partial charge on any atom is -0.385 e. The van der Waals surface area contributed by atoms with Crippen molar-refractivity contribution in [3.63, 3.8) is 0 Å². The number of aromatic nitrogens is 2. The van der Waals surface area contributed by atoms with Crippen LogP contribution in [0.2, 0.25) is 0 Å². The normalized spacial score (nSPS) is 19.5. The highest BCUT2D eigenvalue weighted by atomic mass is 16.7. The van der Waals surface area contributed by atoms with Crippen LogP contribution >= 0.6 is 0 Å². The zero-order chi connectivity index (χ0) is 16.5. The molecule has 0 aliphatic carbocycles. The molecule has 2 N–H and O–H groups in total. The van der Waals surface area contributed by atoms with Crippen molar-refractivity contribution in [2.24, 2.45) is 5.41 Å². The number of ether oxygens (including phenoxy) is 2. The van der Waals surface area contributed by atoms with E-state index >= 15 is 0 Å². The lowest BCUT2D eigenvalue weighted by molar-refractivity contribution is -0.279. The SMILES string of the molecule is CNc1cnc2cnccc2c1NCC1(C)COC(C)(C)OC1. The largest absolute Gasteiger partial charge is 0.385 e. The van der Waals surface area contributed by atoms with Crippen molar-refractivity contribution in [1.29, 1.82) is 0 Å². The van der Waals surface area contributed by atoms with Crippen LogP contribution in [0.15, 0.2) is 24.7 Å². The summed E-state index contributed by atoms with van der Waals surface area (Å²) in [7, 11) is 1.90. The van der Waals surface area contributed by atoms with Crippen molar-refractivity contribution >= 4 is 22.3 Å². The van der Waals surface area contributed by atoms with Crippen molar-refractivity contribution in [3.05, 3.63) is 24.7 Å². The smallest absolute Gasteiger partial charge is 0.162 e. The second-order valence-corrected chi connectivity index (χ2v) is 6.83. The van der Waals surface area contributed by atoms with Crippen molar-refractivity contribution in [1.82, 2.24) is 9.97 Å². The third kappa shape index (κ3) is 3.38. The molecular formula is C17H24N4O2. The molecule has 3 heterocycles. The zero-order valence-electron chi connectivity index (χ0n) is 14.1. The van der Waals surface area contributed by atoms with Crippen LogP contribution in [0.1, 0.15) is 20.8 Å². The van der Waals surface area contributed by atoms with Gasteiger partial charge in [0, 0.05) is 30.6 Å². The third-order valence-corrected chi connectivity index (χ3v) is 4.17. The minimum absolute atomic E-state index is 0.0802. The number of hydrogen-bond acceptors (Lipinski definition) is 6. The number of pyridine rings is 2. The Labute approximate surface area is 136 Å². The molecule has 0 aromatic carbocycles. The van der Waals surface area contributed by atoms with E-state index in [0.29, 0.717) is 13.2 Å². The van der Waals surface area contributed by atoms with Crippen molar-refractivity contribution in [2.45, 2.75) is 26.6 Å². The van der Waals surface area contributed by atoms with Crippen LogP contribution in [0.3, 0.4) is 0 Å². The summed E-state index contributed by atoms with van der Waals surface area (Å²) in [5.41, 5.74) is 2.79. The Bertz CT molecular complexity index is 692. The zero-order valence-corrected chi connectivity index (χ0v) is 14.1. The molecule has 0 spiro atoms. The Hall–Kier alpha value is -1.92. The van der Waals surface area contributed by atoms with Gasteiger partial charge in [-0.1, -0.05) is 6.92 Å². The fourth-order valence-corrected chi connectivity index (χ4v) is 2.61. The van der Waals surface area contributed by atoms with Crippen LogP contribution in [0.4, 0.5) is 11.4 Å². The maximum Gasteiger partial charge on any atom is 0.162 e. The fraction of sp³-hybridized carbons (Fsp3) is 0.529. The first-order chi connectivity index (χ1) is 10.9. The van der Waals surface area contributed by atoms with Gasteiger partial charge in [0.2, 0.25) is 0 Å². The van der Waals surface area contributed by atoms with Gasteiger partial charge in [0.25, 0.3) is 0 Å².